The average molecular weight is 304 g/mol. The lowest BCUT2D eigenvalue weighted by Gasteiger charge is -2.28. The standard InChI is InChI=1S/C18H22ClNO/c1-12(16-11-13-6-7-15(16)10-13)20-18(21)9-8-14-4-2-3-5-17(14)19/h2-5,8-9,12-13,15-16H,6-7,10-11H2,1H3,(H,20,21). The molecule has 112 valence electrons. The van der Waals surface area contributed by atoms with Crippen molar-refractivity contribution in [2.45, 2.75) is 38.6 Å². The van der Waals surface area contributed by atoms with Crippen LogP contribution in [0.3, 0.4) is 0 Å². The minimum atomic E-state index is -0.0230. The van der Waals surface area contributed by atoms with Crippen LogP contribution in [0.15, 0.2) is 30.3 Å². The van der Waals surface area contributed by atoms with Crippen LogP contribution in [-0.4, -0.2) is 11.9 Å². The van der Waals surface area contributed by atoms with E-state index in [-0.39, 0.29) is 11.9 Å². The summed E-state index contributed by atoms with van der Waals surface area (Å²) in [6.45, 7) is 2.15. The highest BCUT2D eigenvalue weighted by Crippen LogP contribution is 2.49. The molecule has 0 aliphatic heterocycles. The van der Waals surface area contributed by atoms with Crippen molar-refractivity contribution in [3.63, 3.8) is 0 Å². The van der Waals surface area contributed by atoms with E-state index in [9.17, 15) is 4.79 Å². The van der Waals surface area contributed by atoms with Gasteiger partial charge in [0, 0.05) is 17.1 Å². The lowest BCUT2D eigenvalue weighted by molar-refractivity contribution is -0.117. The largest absolute Gasteiger partial charge is 0.350 e. The number of nitrogens with one attached hydrogen (secondary N) is 1. The second-order valence-corrected chi connectivity index (χ2v) is 6.90. The van der Waals surface area contributed by atoms with E-state index in [1.165, 1.54) is 25.7 Å². The van der Waals surface area contributed by atoms with E-state index < -0.39 is 0 Å². The average Bonchev–Trinajstić information content (AvgIpc) is 3.09. The minimum absolute atomic E-state index is 0.0230. The van der Waals surface area contributed by atoms with Crippen molar-refractivity contribution < 1.29 is 4.79 Å². The van der Waals surface area contributed by atoms with Crippen LogP contribution >= 0.6 is 11.6 Å². The van der Waals surface area contributed by atoms with Gasteiger partial charge in [0.15, 0.2) is 0 Å². The molecule has 2 saturated carbocycles. The number of hydrogen-bond acceptors (Lipinski definition) is 1. The third-order valence-electron chi connectivity index (χ3n) is 5.12. The molecule has 0 heterocycles. The lowest BCUT2D eigenvalue weighted by atomic mass is 9.84. The van der Waals surface area contributed by atoms with E-state index in [0.717, 1.165) is 17.4 Å². The van der Waals surface area contributed by atoms with Crippen molar-refractivity contribution in [3.05, 3.63) is 40.9 Å². The zero-order valence-corrected chi connectivity index (χ0v) is 13.1. The van der Waals surface area contributed by atoms with Crippen LogP contribution in [0.25, 0.3) is 6.08 Å². The smallest absolute Gasteiger partial charge is 0.244 e. The Bertz CT molecular complexity index is 554. The van der Waals surface area contributed by atoms with Crippen LogP contribution in [0.4, 0.5) is 0 Å². The summed E-state index contributed by atoms with van der Waals surface area (Å²) in [7, 11) is 0. The molecule has 1 N–H and O–H groups in total. The molecule has 0 saturated heterocycles. The van der Waals surface area contributed by atoms with Gasteiger partial charge in [-0.25, -0.2) is 0 Å². The first kappa shape index (κ1) is 14.6. The van der Waals surface area contributed by atoms with Crippen LogP contribution < -0.4 is 5.32 Å². The number of hydrogen-bond donors (Lipinski definition) is 1. The topological polar surface area (TPSA) is 29.1 Å². The van der Waals surface area contributed by atoms with Crippen molar-refractivity contribution in [1.29, 1.82) is 0 Å². The molecule has 2 nitrogen and oxygen atoms in total. The number of rotatable bonds is 4. The molecule has 0 spiro atoms. The van der Waals surface area contributed by atoms with Gasteiger partial charge in [-0.15, -0.1) is 0 Å². The normalized spacial score (nSPS) is 29.0. The number of carbonyl (C=O) groups excluding carboxylic acids is 1. The van der Waals surface area contributed by atoms with E-state index in [0.29, 0.717) is 10.9 Å². The zero-order chi connectivity index (χ0) is 14.8. The SMILES string of the molecule is CC(NC(=O)C=Cc1ccccc1Cl)C1CC2CCC1C2. The Morgan fingerprint density at radius 2 is 2.14 bits per heavy atom. The summed E-state index contributed by atoms with van der Waals surface area (Å²) in [6, 6.07) is 7.81. The van der Waals surface area contributed by atoms with Gasteiger partial charge < -0.3 is 5.32 Å². The summed E-state index contributed by atoms with van der Waals surface area (Å²) in [5, 5.41) is 3.80. The van der Waals surface area contributed by atoms with E-state index >= 15 is 0 Å². The minimum Gasteiger partial charge on any atom is -0.350 e. The first-order valence-electron chi connectivity index (χ1n) is 7.86. The number of amides is 1. The van der Waals surface area contributed by atoms with E-state index in [1.807, 2.05) is 24.3 Å². The van der Waals surface area contributed by atoms with Crippen LogP contribution in [0.2, 0.25) is 5.02 Å². The van der Waals surface area contributed by atoms with Gasteiger partial charge >= 0.3 is 0 Å². The molecule has 2 aliphatic carbocycles. The van der Waals surface area contributed by atoms with Gasteiger partial charge in [-0.05, 0) is 61.6 Å². The fraction of sp³-hybridized carbons (Fsp3) is 0.500. The second-order valence-electron chi connectivity index (χ2n) is 6.49. The molecule has 3 heteroatoms. The van der Waals surface area contributed by atoms with Crippen molar-refractivity contribution in [2.75, 3.05) is 0 Å². The molecule has 3 rings (SSSR count). The zero-order valence-electron chi connectivity index (χ0n) is 12.4. The Hall–Kier alpha value is -1.28. The number of benzene rings is 1. The van der Waals surface area contributed by atoms with Crippen molar-refractivity contribution in [2.24, 2.45) is 17.8 Å². The molecule has 2 bridgehead atoms. The van der Waals surface area contributed by atoms with Gasteiger partial charge in [-0.2, -0.15) is 0 Å². The van der Waals surface area contributed by atoms with Crippen LogP contribution in [0.1, 0.15) is 38.2 Å². The maximum absolute atomic E-state index is 12.1. The fourth-order valence-corrected chi connectivity index (χ4v) is 4.26. The lowest BCUT2D eigenvalue weighted by Crippen LogP contribution is -2.39. The Kier molecular flexibility index (Phi) is 4.34. The van der Waals surface area contributed by atoms with Crippen molar-refractivity contribution in [3.8, 4) is 0 Å². The third kappa shape index (κ3) is 3.32. The molecule has 21 heavy (non-hydrogen) atoms. The molecule has 1 aromatic carbocycles. The summed E-state index contributed by atoms with van der Waals surface area (Å²) in [4.78, 5) is 12.1. The maximum Gasteiger partial charge on any atom is 0.244 e. The highest BCUT2D eigenvalue weighted by Gasteiger charge is 2.41. The molecule has 0 radical (unpaired) electrons. The van der Waals surface area contributed by atoms with Gasteiger partial charge in [0.2, 0.25) is 5.91 Å². The first-order chi connectivity index (χ1) is 10.1. The molecular weight excluding hydrogens is 282 g/mol. The Morgan fingerprint density at radius 1 is 1.33 bits per heavy atom. The van der Waals surface area contributed by atoms with Crippen LogP contribution in [0, 0.1) is 17.8 Å². The van der Waals surface area contributed by atoms with Gasteiger partial charge in [-0.3, -0.25) is 4.79 Å². The molecule has 1 aromatic rings. The quantitative estimate of drug-likeness (QED) is 0.826. The van der Waals surface area contributed by atoms with E-state index in [1.54, 1.807) is 12.2 Å². The molecular formula is C18H22ClNO. The van der Waals surface area contributed by atoms with Crippen LogP contribution in [0.5, 0.6) is 0 Å². The summed E-state index contributed by atoms with van der Waals surface area (Å²) in [6.07, 6.45) is 8.79. The van der Waals surface area contributed by atoms with E-state index in [4.69, 9.17) is 11.6 Å². The van der Waals surface area contributed by atoms with Gasteiger partial charge in [0.25, 0.3) is 0 Å². The molecule has 0 aromatic heterocycles. The number of carbonyl (C=O) groups is 1. The summed E-state index contributed by atoms with van der Waals surface area (Å²) >= 11 is 6.08. The first-order valence-corrected chi connectivity index (χ1v) is 8.24. The Morgan fingerprint density at radius 3 is 2.81 bits per heavy atom. The molecule has 4 unspecified atom stereocenters. The highest BCUT2D eigenvalue weighted by molar-refractivity contribution is 6.32. The predicted octanol–water partition coefficient (Wildman–Crippen LogP) is 4.29. The molecule has 4 atom stereocenters. The molecule has 2 aliphatic rings. The van der Waals surface area contributed by atoms with Crippen LogP contribution in [-0.2, 0) is 4.79 Å². The molecule has 2 fully saturated rings. The summed E-state index contributed by atoms with van der Waals surface area (Å²) in [5.41, 5.74) is 0.877. The highest BCUT2D eigenvalue weighted by atomic mass is 35.5. The van der Waals surface area contributed by atoms with Gasteiger partial charge in [-0.1, -0.05) is 36.2 Å². The van der Waals surface area contributed by atoms with Crippen molar-refractivity contribution >= 4 is 23.6 Å². The Balaban J connectivity index is 1.55. The number of fused-ring (bicyclic) bond motifs is 2. The molecule has 1 amide bonds. The predicted molar refractivity (Wildman–Crippen MR) is 87.0 cm³/mol. The number of halogens is 1. The second kappa shape index (κ2) is 6.23. The van der Waals surface area contributed by atoms with Gasteiger partial charge in [0.05, 0.1) is 0 Å². The monoisotopic (exact) mass is 303 g/mol. The Labute approximate surface area is 131 Å². The summed E-state index contributed by atoms with van der Waals surface area (Å²) < 4.78 is 0. The fourth-order valence-electron chi connectivity index (χ4n) is 4.06. The maximum atomic E-state index is 12.1. The van der Waals surface area contributed by atoms with Gasteiger partial charge in [0.1, 0.15) is 0 Å². The summed E-state index contributed by atoms with van der Waals surface area (Å²) in [5.74, 6) is 2.39. The van der Waals surface area contributed by atoms with E-state index in [2.05, 4.69) is 12.2 Å². The van der Waals surface area contributed by atoms with Crippen molar-refractivity contribution in [1.82, 2.24) is 5.32 Å². The third-order valence-corrected chi connectivity index (χ3v) is 5.47.